The predicted molar refractivity (Wildman–Crippen MR) is 82.6 cm³/mol. The second-order valence-electron chi connectivity index (χ2n) is 5.12. The SMILES string of the molecule is Cl.N[C@@H](c1ccc(Br)cc1O)[C@H](O)C1CCCCC1. The van der Waals surface area contributed by atoms with Crippen LogP contribution in [0.15, 0.2) is 22.7 Å². The molecule has 5 heteroatoms. The van der Waals surface area contributed by atoms with Crippen LogP contribution < -0.4 is 5.73 Å². The maximum Gasteiger partial charge on any atom is 0.121 e. The Hall–Kier alpha value is -0.290. The molecule has 0 spiro atoms. The zero-order chi connectivity index (χ0) is 13.1. The van der Waals surface area contributed by atoms with E-state index in [1.807, 2.05) is 6.07 Å². The van der Waals surface area contributed by atoms with Crippen LogP contribution in [-0.2, 0) is 0 Å². The fourth-order valence-corrected chi connectivity index (χ4v) is 3.10. The number of aliphatic hydroxyl groups is 1. The number of rotatable bonds is 3. The summed E-state index contributed by atoms with van der Waals surface area (Å²) in [6.07, 6.45) is 5.08. The third-order valence-electron chi connectivity index (χ3n) is 3.85. The number of hydrogen-bond donors (Lipinski definition) is 3. The van der Waals surface area contributed by atoms with Gasteiger partial charge in [0.05, 0.1) is 12.1 Å². The fourth-order valence-electron chi connectivity index (χ4n) is 2.75. The molecule has 0 aromatic heterocycles. The van der Waals surface area contributed by atoms with Gasteiger partial charge < -0.3 is 15.9 Å². The summed E-state index contributed by atoms with van der Waals surface area (Å²) < 4.78 is 0.808. The average Bonchev–Trinajstić information content (AvgIpc) is 2.38. The topological polar surface area (TPSA) is 66.5 Å². The first kappa shape index (κ1) is 16.8. The van der Waals surface area contributed by atoms with Crippen molar-refractivity contribution in [2.45, 2.75) is 44.2 Å². The Morgan fingerprint density at radius 1 is 1.21 bits per heavy atom. The second kappa shape index (κ2) is 7.48. The minimum atomic E-state index is -0.572. The van der Waals surface area contributed by atoms with Crippen LogP contribution in [0.5, 0.6) is 5.75 Å². The van der Waals surface area contributed by atoms with Crippen molar-refractivity contribution in [3.05, 3.63) is 28.2 Å². The van der Waals surface area contributed by atoms with Gasteiger partial charge in [-0.15, -0.1) is 12.4 Å². The minimum absolute atomic E-state index is 0. The highest BCUT2D eigenvalue weighted by atomic mass is 79.9. The summed E-state index contributed by atoms with van der Waals surface area (Å²) in [6.45, 7) is 0. The van der Waals surface area contributed by atoms with Crippen LogP contribution in [-0.4, -0.2) is 16.3 Å². The number of benzene rings is 1. The standard InChI is InChI=1S/C14H20BrNO2.ClH/c15-10-6-7-11(12(17)8-10)13(16)14(18)9-4-2-1-3-5-9;/h6-9,13-14,17-18H,1-5,16H2;1H/t13-,14+;/m0./s1. The molecule has 4 N–H and O–H groups in total. The Kier molecular flexibility index (Phi) is 6.60. The van der Waals surface area contributed by atoms with E-state index in [2.05, 4.69) is 15.9 Å². The van der Waals surface area contributed by atoms with Crippen LogP contribution in [0.1, 0.15) is 43.7 Å². The molecular weight excluding hydrogens is 330 g/mol. The van der Waals surface area contributed by atoms with E-state index in [1.165, 1.54) is 19.3 Å². The van der Waals surface area contributed by atoms with Crippen LogP contribution in [0.4, 0.5) is 0 Å². The van der Waals surface area contributed by atoms with Crippen molar-refractivity contribution in [3.8, 4) is 5.75 Å². The smallest absolute Gasteiger partial charge is 0.121 e. The molecule has 0 bridgehead atoms. The van der Waals surface area contributed by atoms with Gasteiger partial charge in [0.1, 0.15) is 5.75 Å². The Bertz CT molecular complexity index is 410. The molecule has 3 nitrogen and oxygen atoms in total. The van der Waals surface area contributed by atoms with Gasteiger partial charge in [-0.05, 0) is 30.9 Å². The maximum absolute atomic E-state index is 10.3. The van der Waals surface area contributed by atoms with Gasteiger partial charge in [0, 0.05) is 10.0 Å². The van der Waals surface area contributed by atoms with Gasteiger partial charge in [0.25, 0.3) is 0 Å². The van der Waals surface area contributed by atoms with E-state index < -0.39 is 12.1 Å². The van der Waals surface area contributed by atoms with Gasteiger partial charge in [-0.25, -0.2) is 0 Å². The van der Waals surface area contributed by atoms with Crippen molar-refractivity contribution < 1.29 is 10.2 Å². The van der Waals surface area contributed by atoms with Gasteiger partial charge in [-0.2, -0.15) is 0 Å². The molecule has 1 aliphatic rings. The van der Waals surface area contributed by atoms with Gasteiger partial charge >= 0.3 is 0 Å². The molecule has 1 saturated carbocycles. The molecule has 0 unspecified atom stereocenters. The third-order valence-corrected chi connectivity index (χ3v) is 4.35. The molecule has 0 amide bonds. The van der Waals surface area contributed by atoms with E-state index in [1.54, 1.807) is 12.1 Å². The number of hydrogen-bond acceptors (Lipinski definition) is 3. The number of aromatic hydroxyl groups is 1. The maximum atomic E-state index is 10.3. The highest BCUT2D eigenvalue weighted by Gasteiger charge is 2.28. The summed E-state index contributed by atoms with van der Waals surface area (Å²) in [5.41, 5.74) is 6.72. The van der Waals surface area contributed by atoms with Crippen molar-refractivity contribution in [1.82, 2.24) is 0 Å². The van der Waals surface area contributed by atoms with Crippen LogP contribution in [0.25, 0.3) is 0 Å². The molecule has 0 radical (unpaired) electrons. The Morgan fingerprint density at radius 3 is 2.42 bits per heavy atom. The van der Waals surface area contributed by atoms with Crippen molar-refractivity contribution in [2.75, 3.05) is 0 Å². The van der Waals surface area contributed by atoms with Crippen molar-refractivity contribution >= 4 is 28.3 Å². The van der Waals surface area contributed by atoms with Crippen molar-refractivity contribution in [3.63, 3.8) is 0 Å². The van der Waals surface area contributed by atoms with E-state index in [-0.39, 0.29) is 24.1 Å². The summed E-state index contributed by atoms with van der Waals surface area (Å²) in [6, 6.07) is 4.71. The van der Waals surface area contributed by atoms with Crippen molar-refractivity contribution in [2.24, 2.45) is 11.7 Å². The molecular formula is C14H21BrClNO2. The average molecular weight is 351 g/mol. The largest absolute Gasteiger partial charge is 0.508 e. The number of aliphatic hydroxyl groups excluding tert-OH is 1. The molecule has 0 heterocycles. The van der Waals surface area contributed by atoms with Gasteiger partial charge in [0.15, 0.2) is 0 Å². The fraction of sp³-hybridized carbons (Fsp3) is 0.571. The van der Waals surface area contributed by atoms with E-state index in [0.717, 1.165) is 17.3 Å². The van der Waals surface area contributed by atoms with Crippen LogP contribution in [0.2, 0.25) is 0 Å². The molecule has 0 saturated heterocycles. The van der Waals surface area contributed by atoms with E-state index in [0.29, 0.717) is 5.56 Å². The lowest BCUT2D eigenvalue weighted by molar-refractivity contribution is 0.0611. The Labute approximate surface area is 128 Å². The summed E-state index contributed by atoms with van der Waals surface area (Å²) in [5.74, 6) is 0.406. The first-order valence-electron chi connectivity index (χ1n) is 6.51. The molecule has 0 aliphatic heterocycles. The zero-order valence-electron chi connectivity index (χ0n) is 10.8. The van der Waals surface area contributed by atoms with Gasteiger partial charge in [-0.1, -0.05) is 41.3 Å². The minimum Gasteiger partial charge on any atom is -0.508 e. The van der Waals surface area contributed by atoms with Crippen LogP contribution >= 0.6 is 28.3 Å². The normalized spacial score (nSPS) is 19.5. The molecule has 19 heavy (non-hydrogen) atoms. The lowest BCUT2D eigenvalue weighted by Gasteiger charge is -2.30. The lowest BCUT2D eigenvalue weighted by atomic mass is 9.81. The third kappa shape index (κ3) is 4.09. The summed E-state index contributed by atoms with van der Waals surface area (Å²) in [7, 11) is 0. The number of nitrogens with two attached hydrogens (primary N) is 1. The molecule has 108 valence electrons. The number of halogens is 2. The first-order chi connectivity index (χ1) is 8.59. The molecule has 1 fully saturated rings. The van der Waals surface area contributed by atoms with E-state index in [4.69, 9.17) is 5.73 Å². The van der Waals surface area contributed by atoms with Crippen LogP contribution in [0.3, 0.4) is 0 Å². The van der Waals surface area contributed by atoms with E-state index in [9.17, 15) is 10.2 Å². The Morgan fingerprint density at radius 2 is 1.84 bits per heavy atom. The molecule has 2 rings (SSSR count). The molecule has 1 aromatic rings. The second-order valence-corrected chi connectivity index (χ2v) is 6.03. The van der Waals surface area contributed by atoms with Gasteiger partial charge in [0.2, 0.25) is 0 Å². The Balaban J connectivity index is 0.00000180. The lowest BCUT2D eigenvalue weighted by Crippen LogP contribution is -2.34. The summed E-state index contributed by atoms with van der Waals surface area (Å²) in [5, 5.41) is 20.2. The quantitative estimate of drug-likeness (QED) is 0.781. The van der Waals surface area contributed by atoms with Gasteiger partial charge in [-0.3, -0.25) is 0 Å². The molecule has 2 atom stereocenters. The van der Waals surface area contributed by atoms with Crippen LogP contribution in [0, 0.1) is 5.92 Å². The molecule has 1 aromatic carbocycles. The van der Waals surface area contributed by atoms with Crippen molar-refractivity contribution in [1.29, 1.82) is 0 Å². The van der Waals surface area contributed by atoms with E-state index >= 15 is 0 Å². The predicted octanol–water partition coefficient (Wildman–Crippen LogP) is 3.52. The monoisotopic (exact) mass is 349 g/mol. The first-order valence-corrected chi connectivity index (χ1v) is 7.31. The summed E-state index contributed by atoms with van der Waals surface area (Å²) >= 11 is 3.30. The highest BCUT2D eigenvalue weighted by Crippen LogP contribution is 2.34. The summed E-state index contributed by atoms with van der Waals surface area (Å²) in [4.78, 5) is 0. The molecule has 1 aliphatic carbocycles. The highest BCUT2D eigenvalue weighted by molar-refractivity contribution is 9.10. The number of phenols is 1. The number of phenolic OH excluding ortho intramolecular Hbond substituents is 1. The zero-order valence-corrected chi connectivity index (χ0v) is 13.2.